The molecular weight excluding hydrogens is 188 g/mol. The van der Waals surface area contributed by atoms with Gasteiger partial charge in [-0.2, -0.15) is 0 Å². The molecule has 0 aromatic carbocycles. The van der Waals surface area contributed by atoms with Crippen LogP contribution in [0.5, 0.6) is 0 Å². The Kier molecular flexibility index (Phi) is 2.52. The van der Waals surface area contributed by atoms with E-state index in [1.165, 1.54) is 25.7 Å². The molecule has 3 rings (SSSR count). The molecule has 0 aromatic heterocycles. The molecule has 3 aliphatic rings. The summed E-state index contributed by atoms with van der Waals surface area (Å²) in [6, 6.07) is 0. The molecular formula is C13H22O2. The summed E-state index contributed by atoms with van der Waals surface area (Å²) in [5.41, 5.74) is -0.479. The van der Waals surface area contributed by atoms with Crippen molar-refractivity contribution in [2.24, 2.45) is 17.8 Å². The quantitative estimate of drug-likeness (QED) is 0.758. The molecule has 86 valence electrons. The molecule has 1 heterocycles. The molecule has 15 heavy (non-hydrogen) atoms. The first kappa shape index (κ1) is 10.1. The van der Waals surface area contributed by atoms with Crippen molar-refractivity contribution in [3.05, 3.63) is 0 Å². The number of ether oxygens (including phenoxy) is 1. The summed E-state index contributed by atoms with van der Waals surface area (Å²) < 4.78 is 5.43. The maximum atomic E-state index is 10.4. The predicted molar refractivity (Wildman–Crippen MR) is 58.6 cm³/mol. The predicted octanol–water partition coefficient (Wildman–Crippen LogP) is 2.35. The Morgan fingerprint density at radius 1 is 1.27 bits per heavy atom. The van der Waals surface area contributed by atoms with Crippen molar-refractivity contribution in [2.45, 2.75) is 50.5 Å². The lowest BCUT2D eigenvalue weighted by Crippen LogP contribution is -2.41. The summed E-state index contributed by atoms with van der Waals surface area (Å²) in [6.07, 6.45) is 8.71. The zero-order valence-electron chi connectivity index (χ0n) is 9.45. The third-order valence-corrected chi connectivity index (χ3v) is 4.83. The summed E-state index contributed by atoms with van der Waals surface area (Å²) in [5.74, 6) is 2.73. The van der Waals surface area contributed by atoms with Gasteiger partial charge in [-0.05, 0) is 56.3 Å². The third-order valence-electron chi connectivity index (χ3n) is 4.83. The maximum absolute atomic E-state index is 10.4. The van der Waals surface area contributed by atoms with Crippen LogP contribution in [-0.4, -0.2) is 23.9 Å². The fraction of sp³-hybridized carbons (Fsp3) is 1.00. The van der Waals surface area contributed by atoms with Gasteiger partial charge >= 0.3 is 0 Å². The molecule has 0 radical (unpaired) electrons. The van der Waals surface area contributed by atoms with E-state index in [9.17, 15) is 5.11 Å². The lowest BCUT2D eigenvalue weighted by Gasteiger charge is -2.36. The Hall–Kier alpha value is -0.0800. The van der Waals surface area contributed by atoms with Gasteiger partial charge in [0.25, 0.3) is 0 Å². The van der Waals surface area contributed by atoms with Crippen LogP contribution in [0.4, 0.5) is 0 Å². The first-order valence-corrected chi connectivity index (χ1v) is 6.55. The van der Waals surface area contributed by atoms with Crippen LogP contribution >= 0.6 is 0 Å². The van der Waals surface area contributed by atoms with Gasteiger partial charge in [-0.25, -0.2) is 0 Å². The van der Waals surface area contributed by atoms with Crippen molar-refractivity contribution in [3.63, 3.8) is 0 Å². The molecule has 1 N–H and O–H groups in total. The lowest BCUT2D eigenvalue weighted by atomic mass is 9.78. The number of rotatable bonds is 2. The van der Waals surface area contributed by atoms with Crippen molar-refractivity contribution in [1.29, 1.82) is 0 Å². The first-order valence-electron chi connectivity index (χ1n) is 6.55. The van der Waals surface area contributed by atoms with E-state index in [0.717, 1.165) is 43.6 Å². The normalized spacial score (nSPS) is 49.8. The number of fused-ring (bicyclic) bond motifs is 2. The van der Waals surface area contributed by atoms with Crippen LogP contribution in [-0.2, 0) is 4.74 Å². The summed E-state index contributed by atoms with van der Waals surface area (Å²) >= 11 is 0. The highest BCUT2D eigenvalue weighted by molar-refractivity contribution is 4.94. The second-order valence-electron chi connectivity index (χ2n) is 6.02. The second kappa shape index (κ2) is 3.74. The molecule has 4 unspecified atom stereocenters. The molecule has 2 heteroatoms. The summed E-state index contributed by atoms with van der Waals surface area (Å²) in [7, 11) is 0. The van der Waals surface area contributed by atoms with Gasteiger partial charge in [-0.1, -0.05) is 6.42 Å². The molecule has 3 fully saturated rings. The van der Waals surface area contributed by atoms with E-state index in [2.05, 4.69) is 0 Å². The second-order valence-corrected chi connectivity index (χ2v) is 6.02. The Morgan fingerprint density at radius 2 is 2.20 bits per heavy atom. The highest BCUT2D eigenvalue weighted by atomic mass is 16.5. The smallest absolute Gasteiger partial charge is 0.0883 e. The molecule has 4 atom stereocenters. The monoisotopic (exact) mass is 210 g/mol. The van der Waals surface area contributed by atoms with Crippen LogP contribution in [0.1, 0.15) is 44.9 Å². The van der Waals surface area contributed by atoms with E-state index in [-0.39, 0.29) is 0 Å². The lowest BCUT2D eigenvalue weighted by molar-refractivity contribution is -0.100. The Labute approximate surface area is 92.0 Å². The standard InChI is InChI=1S/C13H22O2/c14-13(4-1-5-15-9-13)8-12-7-10-2-3-11(12)6-10/h10-12,14H,1-9H2. The Morgan fingerprint density at radius 3 is 2.80 bits per heavy atom. The van der Waals surface area contributed by atoms with Crippen LogP contribution in [0.15, 0.2) is 0 Å². The van der Waals surface area contributed by atoms with Crippen molar-refractivity contribution in [3.8, 4) is 0 Å². The SMILES string of the molecule is OC1(CC2CC3CCC2C3)CCCOC1. The number of aliphatic hydroxyl groups is 1. The average molecular weight is 210 g/mol. The first-order chi connectivity index (χ1) is 7.25. The topological polar surface area (TPSA) is 29.5 Å². The Bertz CT molecular complexity index is 233. The fourth-order valence-electron chi connectivity index (χ4n) is 4.11. The summed E-state index contributed by atoms with van der Waals surface area (Å²) in [6.45, 7) is 1.43. The van der Waals surface area contributed by atoms with E-state index in [0.29, 0.717) is 6.61 Å². The Balaban J connectivity index is 1.60. The van der Waals surface area contributed by atoms with Gasteiger partial charge in [0, 0.05) is 6.61 Å². The van der Waals surface area contributed by atoms with Crippen LogP contribution in [0.3, 0.4) is 0 Å². The zero-order valence-corrected chi connectivity index (χ0v) is 9.45. The highest BCUT2D eigenvalue weighted by Gasteiger charge is 2.43. The van der Waals surface area contributed by atoms with Gasteiger partial charge in [0.2, 0.25) is 0 Å². The molecule has 0 amide bonds. The van der Waals surface area contributed by atoms with Gasteiger partial charge in [-0.15, -0.1) is 0 Å². The molecule has 0 spiro atoms. The molecule has 2 aliphatic carbocycles. The maximum Gasteiger partial charge on any atom is 0.0883 e. The summed E-state index contributed by atoms with van der Waals surface area (Å²) in [4.78, 5) is 0. The average Bonchev–Trinajstić information content (AvgIpc) is 2.79. The fourth-order valence-corrected chi connectivity index (χ4v) is 4.11. The van der Waals surface area contributed by atoms with Gasteiger partial charge in [-0.3, -0.25) is 0 Å². The van der Waals surface area contributed by atoms with Gasteiger partial charge in [0.1, 0.15) is 0 Å². The molecule has 2 saturated carbocycles. The van der Waals surface area contributed by atoms with Crippen molar-refractivity contribution in [1.82, 2.24) is 0 Å². The van der Waals surface area contributed by atoms with E-state index in [1.54, 1.807) is 0 Å². The van der Waals surface area contributed by atoms with Crippen molar-refractivity contribution in [2.75, 3.05) is 13.2 Å². The van der Waals surface area contributed by atoms with Gasteiger partial charge in [0.05, 0.1) is 12.2 Å². The van der Waals surface area contributed by atoms with Gasteiger partial charge in [0.15, 0.2) is 0 Å². The number of hydrogen-bond donors (Lipinski definition) is 1. The largest absolute Gasteiger partial charge is 0.387 e. The molecule has 2 bridgehead atoms. The van der Waals surface area contributed by atoms with Crippen LogP contribution < -0.4 is 0 Å². The van der Waals surface area contributed by atoms with E-state index in [1.807, 2.05) is 0 Å². The van der Waals surface area contributed by atoms with E-state index >= 15 is 0 Å². The van der Waals surface area contributed by atoms with Crippen LogP contribution in [0.2, 0.25) is 0 Å². The molecule has 1 saturated heterocycles. The highest BCUT2D eigenvalue weighted by Crippen LogP contribution is 2.51. The van der Waals surface area contributed by atoms with Crippen molar-refractivity contribution < 1.29 is 9.84 Å². The van der Waals surface area contributed by atoms with Crippen LogP contribution in [0.25, 0.3) is 0 Å². The minimum atomic E-state index is -0.479. The third kappa shape index (κ3) is 1.94. The minimum Gasteiger partial charge on any atom is -0.387 e. The van der Waals surface area contributed by atoms with E-state index < -0.39 is 5.60 Å². The van der Waals surface area contributed by atoms with Gasteiger partial charge < -0.3 is 9.84 Å². The number of hydrogen-bond acceptors (Lipinski definition) is 2. The van der Waals surface area contributed by atoms with E-state index in [4.69, 9.17) is 4.74 Å². The zero-order chi connectivity index (χ0) is 10.3. The molecule has 1 aliphatic heterocycles. The molecule has 0 aromatic rings. The molecule has 2 nitrogen and oxygen atoms in total. The minimum absolute atomic E-state index is 0.479. The van der Waals surface area contributed by atoms with Crippen LogP contribution in [0, 0.1) is 17.8 Å². The summed E-state index contributed by atoms with van der Waals surface area (Å²) in [5, 5.41) is 10.4. The van der Waals surface area contributed by atoms with Crippen molar-refractivity contribution >= 4 is 0 Å².